The van der Waals surface area contributed by atoms with Gasteiger partial charge < -0.3 is 20.1 Å². The van der Waals surface area contributed by atoms with Gasteiger partial charge in [0.2, 0.25) is 5.95 Å². The van der Waals surface area contributed by atoms with Crippen LogP contribution in [-0.4, -0.2) is 40.4 Å². The third kappa shape index (κ3) is 3.00. The minimum Gasteiger partial charge on any atom is -0.484 e. The number of pyridine rings is 1. The molecule has 28 heavy (non-hydrogen) atoms. The van der Waals surface area contributed by atoms with Crippen LogP contribution in [0.25, 0.3) is 5.65 Å². The predicted octanol–water partition coefficient (Wildman–Crippen LogP) is 2.87. The number of nitrogens with two attached hydrogens (primary N) is 1. The molecule has 7 heteroatoms. The van der Waals surface area contributed by atoms with Gasteiger partial charge in [0, 0.05) is 12.6 Å². The normalized spacial score (nSPS) is 24.9. The highest BCUT2D eigenvalue weighted by atomic mass is 16.5. The van der Waals surface area contributed by atoms with Crippen LogP contribution < -0.4 is 15.4 Å². The Balaban J connectivity index is 1.46. The summed E-state index contributed by atoms with van der Waals surface area (Å²) >= 11 is 0. The fraction of sp³-hybridized carbons (Fsp3) is 0.429. The predicted molar refractivity (Wildman–Crippen MR) is 107 cm³/mol. The standard InChI is InChI=1S/C21H25N5O2/c1-14-13-27-11-10-25(14)21-24-23-20-9-6-15(12-26(20)21)28-19-8-7-18(22)16-4-2-3-5-17(16)19/h2-6,9,12,14,18-19H,7-8,10-11,13,22H2,1H3. The first-order valence-electron chi connectivity index (χ1n) is 9.91. The molecule has 0 bridgehead atoms. The Morgan fingerprint density at radius 1 is 1.11 bits per heavy atom. The largest absolute Gasteiger partial charge is 0.484 e. The molecule has 3 heterocycles. The first kappa shape index (κ1) is 17.5. The molecule has 0 radical (unpaired) electrons. The minimum absolute atomic E-state index is 0.00990. The van der Waals surface area contributed by atoms with E-state index in [1.807, 2.05) is 34.9 Å². The van der Waals surface area contributed by atoms with Crippen LogP contribution in [0.2, 0.25) is 0 Å². The Bertz CT molecular complexity index is 988. The first-order valence-corrected chi connectivity index (χ1v) is 9.91. The van der Waals surface area contributed by atoms with E-state index in [1.165, 1.54) is 11.1 Å². The number of benzene rings is 1. The number of rotatable bonds is 3. The number of fused-ring (bicyclic) bond motifs is 2. The van der Waals surface area contributed by atoms with Crippen molar-refractivity contribution in [3.8, 4) is 5.75 Å². The molecule has 2 N–H and O–H groups in total. The molecule has 1 saturated heterocycles. The Labute approximate surface area is 164 Å². The molecule has 3 aromatic rings. The maximum absolute atomic E-state index is 6.40. The van der Waals surface area contributed by atoms with Gasteiger partial charge in [0.15, 0.2) is 5.65 Å². The average molecular weight is 379 g/mol. The summed E-state index contributed by atoms with van der Waals surface area (Å²) in [6.45, 7) is 4.35. The van der Waals surface area contributed by atoms with Crippen LogP contribution in [0.3, 0.4) is 0 Å². The van der Waals surface area contributed by atoms with Crippen molar-refractivity contribution in [2.45, 2.75) is 38.0 Å². The summed E-state index contributed by atoms with van der Waals surface area (Å²) in [6, 6.07) is 12.6. The molecule has 146 valence electrons. The van der Waals surface area contributed by atoms with Crippen molar-refractivity contribution in [2.75, 3.05) is 24.7 Å². The van der Waals surface area contributed by atoms with Gasteiger partial charge in [-0.2, -0.15) is 0 Å². The van der Waals surface area contributed by atoms with Crippen LogP contribution in [0, 0.1) is 0 Å². The van der Waals surface area contributed by atoms with Gasteiger partial charge in [0.05, 0.1) is 25.5 Å². The molecule has 1 aromatic carbocycles. The lowest BCUT2D eigenvalue weighted by Gasteiger charge is -2.33. The van der Waals surface area contributed by atoms with Crippen LogP contribution in [0.4, 0.5) is 5.95 Å². The van der Waals surface area contributed by atoms with E-state index in [9.17, 15) is 0 Å². The third-order valence-corrected chi connectivity index (χ3v) is 5.74. The quantitative estimate of drug-likeness (QED) is 0.754. The molecular formula is C21H25N5O2. The monoisotopic (exact) mass is 379 g/mol. The SMILES string of the molecule is CC1COCCN1c1nnc2ccc(OC3CCC(N)c4ccccc43)cn12. The molecular weight excluding hydrogens is 354 g/mol. The molecule has 5 rings (SSSR count). The maximum atomic E-state index is 6.40. The zero-order valence-corrected chi connectivity index (χ0v) is 16.0. The lowest BCUT2D eigenvalue weighted by Crippen LogP contribution is -2.44. The number of morpholine rings is 1. The maximum Gasteiger partial charge on any atom is 0.232 e. The average Bonchev–Trinajstić information content (AvgIpc) is 3.14. The van der Waals surface area contributed by atoms with Gasteiger partial charge >= 0.3 is 0 Å². The van der Waals surface area contributed by atoms with Crippen LogP contribution in [-0.2, 0) is 4.74 Å². The highest BCUT2D eigenvalue weighted by molar-refractivity contribution is 5.49. The van der Waals surface area contributed by atoms with Crippen LogP contribution in [0.1, 0.15) is 43.0 Å². The van der Waals surface area contributed by atoms with E-state index in [0.29, 0.717) is 13.2 Å². The molecule has 0 amide bonds. The molecule has 1 aliphatic heterocycles. The highest BCUT2D eigenvalue weighted by Gasteiger charge is 2.27. The fourth-order valence-electron chi connectivity index (χ4n) is 4.22. The molecule has 1 fully saturated rings. The van der Waals surface area contributed by atoms with Gasteiger partial charge in [-0.25, -0.2) is 0 Å². The second-order valence-corrected chi connectivity index (χ2v) is 7.63. The van der Waals surface area contributed by atoms with E-state index in [0.717, 1.165) is 36.7 Å². The van der Waals surface area contributed by atoms with Crippen molar-refractivity contribution in [1.82, 2.24) is 14.6 Å². The number of ether oxygens (including phenoxy) is 2. The number of nitrogens with zero attached hydrogens (tertiary/aromatic N) is 4. The first-order chi connectivity index (χ1) is 13.7. The van der Waals surface area contributed by atoms with Gasteiger partial charge in [0.25, 0.3) is 0 Å². The summed E-state index contributed by atoms with van der Waals surface area (Å²) in [6.07, 6.45) is 3.83. The van der Waals surface area contributed by atoms with Crippen LogP contribution in [0.15, 0.2) is 42.6 Å². The van der Waals surface area contributed by atoms with Crippen LogP contribution in [0.5, 0.6) is 5.75 Å². The lowest BCUT2D eigenvalue weighted by molar-refractivity contribution is 0.0980. The van der Waals surface area contributed by atoms with Crippen molar-refractivity contribution in [1.29, 1.82) is 0 Å². The van der Waals surface area contributed by atoms with E-state index >= 15 is 0 Å². The number of anilines is 1. The van der Waals surface area contributed by atoms with Gasteiger partial charge in [0.1, 0.15) is 11.9 Å². The molecule has 2 aliphatic rings. The molecule has 1 aliphatic carbocycles. The number of hydrogen-bond acceptors (Lipinski definition) is 6. The molecule has 0 saturated carbocycles. The van der Waals surface area contributed by atoms with E-state index in [1.54, 1.807) is 0 Å². The van der Waals surface area contributed by atoms with Gasteiger partial charge in [-0.1, -0.05) is 24.3 Å². The molecule has 3 atom stereocenters. The van der Waals surface area contributed by atoms with Crippen molar-refractivity contribution in [3.05, 3.63) is 53.7 Å². The Hall–Kier alpha value is -2.64. The van der Waals surface area contributed by atoms with Crippen molar-refractivity contribution in [3.63, 3.8) is 0 Å². The summed E-state index contributed by atoms with van der Waals surface area (Å²) in [7, 11) is 0. The van der Waals surface area contributed by atoms with Crippen LogP contribution >= 0.6 is 0 Å². The topological polar surface area (TPSA) is 77.9 Å². The molecule has 7 nitrogen and oxygen atoms in total. The summed E-state index contributed by atoms with van der Waals surface area (Å²) < 4.78 is 14.0. The third-order valence-electron chi connectivity index (χ3n) is 5.74. The molecule has 3 unspecified atom stereocenters. The van der Waals surface area contributed by atoms with Gasteiger partial charge in [-0.05, 0) is 43.0 Å². The Morgan fingerprint density at radius 2 is 1.96 bits per heavy atom. The smallest absolute Gasteiger partial charge is 0.232 e. The van der Waals surface area contributed by atoms with E-state index in [-0.39, 0.29) is 18.2 Å². The zero-order chi connectivity index (χ0) is 19.1. The van der Waals surface area contributed by atoms with E-state index in [4.69, 9.17) is 15.2 Å². The Morgan fingerprint density at radius 3 is 2.82 bits per heavy atom. The number of hydrogen-bond donors (Lipinski definition) is 1. The summed E-state index contributed by atoms with van der Waals surface area (Å²) in [5.41, 5.74) is 9.47. The second kappa shape index (κ2) is 7.07. The molecule has 0 spiro atoms. The second-order valence-electron chi connectivity index (χ2n) is 7.63. The van der Waals surface area contributed by atoms with Crippen molar-refractivity contribution < 1.29 is 9.47 Å². The zero-order valence-electron chi connectivity index (χ0n) is 16.0. The summed E-state index contributed by atoms with van der Waals surface area (Å²) in [4.78, 5) is 2.24. The number of aromatic nitrogens is 3. The lowest BCUT2D eigenvalue weighted by atomic mass is 9.86. The van der Waals surface area contributed by atoms with Gasteiger partial charge in [-0.15, -0.1) is 10.2 Å². The summed E-state index contributed by atoms with van der Waals surface area (Å²) in [5.74, 6) is 1.65. The fourth-order valence-corrected chi connectivity index (χ4v) is 4.22. The summed E-state index contributed by atoms with van der Waals surface area (Å²) in [5, 5.41) is 8.73. The van der Waals surface area contributed by atoms with Crippen molar-refractivity contribution in [2.24, 2.45) is 5.73 Å². The minimum atomic E-state index is 0.00990. The highest BCUT2D eigenvalue weighted by Crippen LogP contribution is 2.37. The molecule has 2 aromatic heterocycles. The van der Waals surface area contributed by atoms with Gasteiger partial charge in [-0.3, -0.25) is 4.40 Å². The van der Waals surface area contributed by atoms with E-state index in [2.05, 4.69) is 34.2 Å². The van der Waals surface area contributed by atoms with E-state index < -0.39 is 0 Å². The van der Waals surface area contributed by atoms with Crippen molar-refractivity contribution >= 4 is 11.6 Å². The Kier molecular flexibility index (Phi) is 4.41.